The zero-order chi connectivity index (χ0) is 14.6. The molecule has 20 heavy (non-hydrogen) atoms. The molecule has 1 aromatic carbocycles. The fourth-order valence-corrected chi connectivity index (χ4v) is 1.92. The lowest BCUT2D eigenvalue weighted by atomic mass is 10.1. The lowest BCUT2D eigenvalue weighted by Gasteiger charge is -2.14. The van der Waals surface area contributed by atoms with Crippen molar-refractivity contribution in [1.82, 2.24) is 0 Å². The number of unbranched alkanes of at least 4 members (excludes halogenated alkanes) is 4. The van der Waals surface area contributed by atoms with E-state index in [1.54, 1.807) is 0 Å². The average molecular weight is 278 g/mol. The predicted molar refractivity (Wildman–Crippen MR) is 80.9 cm³/mol. The van der Waals surface area contributed by atoms with Crippen LogP contribution in [0.25, 0.3) is 0 Å². The first-order valence-corrected chi connectivity index (χ1v) is 7.59. The second-order valence-corrected chi connectivity index (χ2v) is 5.09. The zero-order valence-corrected chi connectivity index (χ0v) is 12.6. The molecule has 0 aliphatic carbocycles. The third kappa shape index (κ3) is 7.82. The summed E-state index contributed by atoms with van der Waals surface area (Å²) in [6, 6.07) is 9.57. The molecule has 0 amide bonds. The van der Waals surface area contributed by atoms with E-state index in [-0.39, 0.29) is 12.1 Å². The number of carbonyl (C=O) groups excluding carboxylic acids is 1. The maximum atomic E-state index is 11.6. The molecule has 0 fully saturated rings. The number of carbonyl (C=O) groups is 1. The summed E-state index contributed by atoms with van der Waals surface area (Å²) in [6.07, 6.45) is 6.10. The summed E-state index contributed by atoms with van der Waals surface area (Å²) < 4.78 is 10.9. The number of hydrogen-bond acceptors (Lipinski definition) is 3. The summed E-state index contributed by atoms with van der Waals surface area (Å²) in [5.74, 6) is 0.681. The van der Waals surface area contributed by atoms with Gasteiger partial charge in [0.05, 0.1) is 0 Å². The average Bonchev–Trinajstić information content (AvgIpc) is 2.46. The largest absolute Gasteiger partial charge is 0.487 e. The fraction of sp³-hybridized carbons (Fsp3) is 0.588. The second-order valence-electron chi connectivity index (χ2n) is 5.09. The Bertz CT molecular complexity index is 362. The molecular weight excluding hydrogens is 252 g/mol. The quantitative estimate of drug-likeness (QED) is 0.471. The molecule has 1 unspecified atom stereocenters. The molecule has 0 saturated heterocycles. The lowest BCUT2D eigenvalue weighted by molar-refractivity contribution is -0.146. The van der Waals surface area contributed by atoms with Crippen LogP contribution in [0.3, 0.4) is 0 Å². The SMILES string of the molecule is CCCCCCCC(=O)OCC(C)Oc1ccccc1. The molecule has 1 atom stereocenters. The van der Waals surface area contributed by atoms with Crippen molar-refractivity contribution in [2.45, 2.75) is 58.5 Å². The third-order valence-electron chi connectivity index (χ3n) is 3.04. The molecule has 0 radical (unpaired) electrons. The van der Waals surface area contributed by atoms with Crippen molar-refractivity contribution in [3.05, 3.63) is 30.3 Å². The molecule has 0 saturated carbocycles. The summed E-state index contributed by atoms with van der Waals surface area (Å²) >= 11 is 0. The van der Waals surface area contributed by atoms with Crippen molar-refractivity contribution in [3.63, 3.8) is 0 Å². The summed E-state index contributed by atoms with van der Waals surface area (Å²) in [5, 5.41) is 0. The van der Waals surface area contributed by atoms with Gasteiger partial charge in [-0.05, 0) is 25.5 Å². The van der Waals surface area contributed by atoms with E-state index in [2.05, 4.69) is 6.92 Å². The first kappa shape index (κ1) is 16.5. The number of ether oxygens (including phenoxy) is 2. The molecule has 0 N–H and O–H groups in total. The van der Waals surface area contributed by atoms with Gasteiger partial charge in [0, 0.05) is 6.42 Å². The molecule has 0 bridgehead atoms. The van der Waals surface area contributed by atoms with Gasteiger partial charge in [-0.15, -0.1) is 0 Å². The molecule has 0 spiro atoms. The van der Waals surface area contributed by atoms with E-state index >= 15 is 0 Å². The Labute approximate surface area is 122 Å². The summed E-state index contributed by atoms with van der Waals surface area (Å²) in [7, 11) is 0. The van der Waals surface area contributed by atoms with Gasteiger partial charge in [-0.2, -0.15) is 0 Å². The Balaban J connectivity index is 2.08. The molecule has 0 aliphatic rings. The standard InChI is InChI=1S/C17H26O3/c1-3-4-5-6-10-13-17(18)19-14-15(2)20-16-11-8-7-9-12-16/h7-9,11-12,15H,3-6,10,13-14H2,1-2H3. The highest BCUT2D eigenvalue weighted by Crippen LogP contribution is 2.11. The first-order valence-electron chi connectivity index (χ1n) is 7.59. The summed E-state index contributed by atoms with van der Waals surface area (Å²) in [6.45, 7) is 4.40. The minimum atomic E-state index is -0.124. The van der Waals surface area contributed by atoms with Crippen LogP contribution in [-0.4, -0.2) is 18.7 Å². The number of esters is 1. The van der Waals surface area contributed by atoms with Gasteiger partial charge in [0.25, 0.3) is 0 Å². The maximum absolute atomic E-state index is 11.6. The van der Waals surface area contributed by atoms with Crippen LogP contribution in [-0.2, 0) is 9.53 Å². The minimum absolute atomic E-state index is 0.120. The Morgan fingerprint density at radius 1 is 1.10 bits per heavy atom. The number of hydrogen-bond donors (Lipinski definition) is 0. The monoisotopic (exact) mass is 278 g/mol. The van der Waals surface area contributed by atoms with Crippen LogP contribution in [0, 0.1) is 0 Å². The molecule has 3 heteroatoms. The molecule has 1 aromatic rings. The molecule has 112 valence electrons. The minimum Gasteiger partial charge on any atom is -0.487 e. The van der Waals surface area contributed by atoms with Crippen LogP contribution in [0.5, 0.6) is 5.75 Å². The van der Waals surface area contributed by atoms with Crippen LogP contribution in [0.1, 0.15) is 52.4 Å². The van der Waals surface area contributed by atoms with Gasteiger partial charge in [0.1, 0.15) is 18.5 Å². The highest BCUT2D eigenvalue weighted by atomic mass is 16.6. The highest BCUT2D eigenvalue weighted by molar-refractivity contribution is 5.69. The van der Waals surface area contributed by atoms with Gasteiger partial charge >= 0.3 is 5.97 Å². The Morgan fingerprint density at radius 3 is 2.50 bits per heavy atom. The van der Waals surface area contributed by atoms with Crippen LogP contribution < -0.4 is 4.74 Å². The summed E-state index contributed by atoms with van der Waals surface area (Å²) in [4.78, 5) is 11.6. The van der Waals surface area contributed by atoms with Crippen molar-refractivity contribution in [1.29, 1.82) is 0 Å². The molecule has 1 rings (SSSR count). The second kappa shape index (κ2) is 10.3. The normalized spacial score (nSPS) is 11.9. The van der Waals surface area contributed by atoms with Gasteiger partial charge < -0.3 is 9.47 Å². The van der Waals surface area contributed by atoms with Crippen molar-refractivity contribution in [3.8, 4) is 5.75 Å². The van der Waals surface area contributed by atoms with E-state index in [0.717, 1.165) is 18.6 Å². The smallest absolute Gasteiger partial charge is 0.305 e. The van der Waals surface area contributed by atoms with Gasteiger partial charge in [0.2, 0.25) is 0 Å². The number of para-hydroxylation sites is 1. The van der Waals surface area contributed by atoms with Crippen molar-refractivity contribution >= 4 is 5.97 Å². The van der Waals surface area contributed by atoms with E-state index in [1.807, 2.05) is 37.3 Å². The van der Waals surface area contributed by atoms with E-state index in [1.165, 1.54) is 19.3 Å². The predicted octanol–water partition coefficient (Wildman–Crippen LogP) is 4.36. The van der Waals surface area contributed by atoms with Crippen molar-refractivity contribution in [2.75, 3.05) is 6.61 Å². The first-order chi connectivity index (χ1) is 9.72. The topological polar surface area (TPSA) is 35.5 Å². The van der Waals surface area contributed by atoms with Crippen LogP contribution >= 0.6 is 0 Å². The lowest BCUT2D eigenvalue weighted by Crippen LogP contribution is -2.21. The van der Waals surface area contributed by atoms with Crippen molar-refractivity contribution in [2.24, 2.45) is 0 Å². The Hall–Kier alpha value is -1.51. The van der Waals surface area contributed by atoms with Crippen LogP contribution in [0.15, 0.2) is 30.3 Å². The molecule has 3 nitrogen and oxygen atoms in total. The van der Waals surface area contributed by atoms with E-state index in [9.17, 15) is 4.79 Å². The van der Waals surface area contributed by atoms with Crippen LogP contribution in [0.2, 0.25) is 0 Å². The van der Waals surface area contributed by atoms with Gasteiger partial charge in [0.15, 0.2) is 0 Å². The van der Waals surface area contributed by atoms with Gasteiger partial charge in [-0.3, -0.25) is 4.79 Å². The number of benzene rings is 1. The van der Waals surface area contributed by atoms with Gasteiger partial charge in [-0.25, -0.2) is 0 Å². The van der Waals surface area contributed by atoms with Crippen molar-refractivity contribution < 1.29 is 14.3 Å². The van der Waals surface area contributed by atoms with E-state index < -0.39 is 0 Å². The summed E-state index contributed by atoms with van der Waals surface area (Å²) in [5.41, 5.74) is 0. The van der Waals surface area contributed by atoms with Gasteiger partial charge in [-0.1, -0.05) is 50.8 Å². The van der Waals surface area contributed by atoms with E-state index in [4.69, 9.17) is 9.47 Å². The number of rotatable bonds is 10. The Morgan fingerprint density at radius 2 is 1.80 bits per heavy atom. The van der Waals surface area contributed by atoms with E-state index in [0.29, 0.717) is 13.0 Å². The fourth-order valence-electron chi connectivity index (χ4n) is 1.92. The Kier molecular flexibility index (Phi) is 8.52. The molecule has 0 heterocycles. The third-order valence-corrected chi connectivity index (χ3v) is 3.04. The molecular formula is C17H26O3. The highest BCUT2D eigenvalue weighted by Gasteiger charge is 2.08. The maximum Gasteiger partial charge on any atom is 0.305 e. The van der Waals surface area contributed by atoms with Crippen LogP contribution in [0.4, 0.5) is 0 Å². The zero-order valence-electron chi connectivity index (χ0n) is 12.6. The molecule has 0 aliphatic heterocycles. The molecule has 0 aromatic heterocycles.